The van der Waals surface area contributed by atoms with Crippen LogP contribution in [-0.4, -0.2) is 37.2 Å². The zero-order chi connectivity index (χ0) is 48.6. The zero-order valence-electron chi connectivity index (χ0n) is 44.2. The Bertz CT molecular complexity index is 1260. The van der Waals surface area contributed by atoms with Gasteiger partial charge in [-0.25, -0.2) is 0 Å². The number of unbranched alkanes of at least 4 members (excludes halogenated alkanes) is 28. The van der Waals surface area contributed by atoms with Gasteiger partial charge in [0, 0.05) is 19.3 Å². The average Bonchev–Trinajstić information content (AvgIpc) is 3.33. The number of carbonyl (C=O) groups excluding carboxylic acids is 3. The van der Waals surface area contributed by atoms with E-state index < -0.39 is 6.10 Å². The third-order valence-electron chi connectivity index (χ3n) is 12.2. The van der Waals surface area contributed by atoms with E-state index in [-0.39, 0.29) is 31.1 Å². The highest BCUT2D eigenvalue weighted by molar-refractivity contribution is 5.71. The van der Waals surface area contributed by atoms with Crippen molar-refractivity contribution in [2.45, 2.75) is 284 Å². The first-order valence-electron chi connectivity index (χ1n) is 28.4. The molecule has 1 atom stereocenters. The summed E-state index contributed by atoms with van der Waals surface area (Å²) >= 11 is 0. The quantitative estimate of drug-likeness (QED) is 0.0262. The van der Waals surface area contributed by atoms with Crippen LogP contribution in [0.3, 0.4) is 0 Å². The van der Waals surface area contributed by atoms with E-state index in [9.17, 15) is 14.4 Å². The highest BCUT2D eigenvalue weighted by Crippen LogP contribution is 2.15. The van der Waals surface area contributed by atoms with E-state index in [2.05, 4.69) is 93.7 Å². The van der Waals surface area contributed by atoms with Crippen LogP contribution < -0.4 is 0 Å². The number of hydrogen-bond acceptors (Lipinski definition) is 6. The third kappa shape index (κ3) is 53.7. The van der Waals surface area contributed by atoms with Gasteiger partial charge in [-0.2, -0.15) is 0 Å². The zero-order valence-corrected chi connectivity index (χ0v) is 44.2. The molecule has 0 bridgehead atoms. The molecular weight excluding hydrogens is 829 g/mol. The molecule has 6 heteroatoms. The lowest BCUT2D eigenvalue weighted by atomic mass is 10.0. The van der Waals surface area contributed by atoms with E-state index in [1.54, 1.807) is 0 Å². The van der Waals surface area contributed by atoms with Gasteiger partial charge in [-0.05, 0) is 89.9 Å². The molecule has 0 amide bonds. The monoisotopic (exact) mass is 935 g/mol. The van der Waals surface area contributed by atoms with E-state index in [1.807, 2.05) is 0 Å². The molecule has 386 valence electrons. The van der Waals surface area contributed by atoms with Crippen molar-refractivity contribution in [2.24, 2.45) is 0 Å². The van der Waals surface area contributed by atoms with Crippen LogP contribution in [0.5, 0.6) is 0 Å². The van der Waals surface area contributed by atoms with Crippen LogP contribution in [0.15, 0.2) is 72.9 Å². The number of esters is 3. The molecule has 0 aliphatic carbocycles. The molecule has 6 nitrogen and oxygen atoms in total. The Labute approximate surface area is 414 Å². The highest BCUT2D eigenvalue weighted by atomic mass is 16.6. The number of ether oxygens (including phenoxy) is 3. The minimum atomic E-state index is -0.777. The fraction of sp³-hybridized carbons (Fsp3) is 0.754. The van der Waals surface area contributed by atoms with Crippen molar-refractivity contribution in [1.29, 1.82) is 0 Å². The summed E-state index contributed by atoms with van der Waals surface area (Å²) in [6, 6.07) is 0. The van der Waals surface area contributed by atoms with Crippen LogP contribution in [-0.2, 0) is 28.6 Å². The fourth-order valence-electron chi connectivity index (χ4n) is 7.93. The summed E-state index contributed by atoms with van der Waals surface area (Å²) in [6.45, 7) is 6.44. The smallest absolute Gasteiger partial charge is 0.306 e. The molecule has 0 aliphatic heterocycles. The van der Waals surface area contributed by atoms with E-state index in [0.29, 0.717) is 19.3 Å². The molecule has 0 rings (SSSR count). The Morgan fingerprint density at radius 3 is 0.910 bits per heavy atom. The molecular formula is C61H106O6. The van der Waals surface area contributed by atoms with E-state index in [1.165, 1.54) is 135 Å². The molecule has 0 spiro atoms. The van der Waals surface area contributed by atoms with Crippen molar-refractivity contribution in [3.8, 4) is 0 Å². The summed E-state index contributed by atoms with van der Waals surface area (Å²) in [5.74, 6) is -0.900. The minimum absolute atomic E-state index is 0.0798. The Balaban J connectivity index is 4.07. The number of allylic oxidation sites excluding steroid dienone is 12. The van der Waals surface area contributed by atoms with Crippen molar-refractivity contribution in [3.63, 3.8) is 0 Å². The Hall–Kier alpha value is -3.15. The van der Waals surface area contributed by atoms with Gasteiger partial charge in [0.15, 0.2) is 6.10 Å². The second kappa shape index (κ2) is 55.4. The highest BCUT2D eigenvalue weighted by Gasteiger charge is 2.19. The van der Waals surface area contributed by atoms with Gasteiger partial charge >= 0.3 is 17.9 Å². The molecule has 0 aromatic heterocycles. The van der Waals surface area contributed by atoms with Gasteiger partial charge in [0.05, 0.1) is 0 Å². The first kappa shape index (κ1) is 63.8. The summed E-state index contributed by atoms with van der Waals surface area (Å²) in [5, 5.41) is 0. The molecule has 0 aliphatic rings. The van der Waals surface area contributed by atoms with Crippen molar-refractivity contribution >= 4 is 17.9 Å². The molecule has 0 N–H and O–H groups in total. The number of carbonyl (C=O) groups is 3. The van der Waals surface area contributed by atoms with E-state index >= 15 is 0 Å². The van der Waals surface area contributed by atoms with Crippen LogP contribution in [0, 0.1) is 0 Å². The van der Waals surface area contributed by atoms with Gasteiger partial charge in [0.1, 0.15) is 13.2 Å². The lowest BCUT2D eigenvalue weighted by molar-refractivity contribution is -0.167. The van der Waals surface area contributed by atoms with Gasteiger partial charge in [-0.1, -0.05) is 241 Å². The number of rotatable bonds is 51. The lowest BCUT2D eigenvalue weighted by Crippen LogP contribution is -2.30. The molecule has 67 heavy (non-hydrogen) atoms. The van der Waals surface area contributed by atoms with Gasteiger partial charge in [0.25, 0.3) is 0 Å². The summed E-state index contributed by atoms with van der Waals surface area (Å²) in [4.78, 5) is 37.8. The molecule has 0 fully saturated rings. The molecule has 0 aromatic rings. The van der Waals surface area contributed by atoms with Crippen LogP contribution in [0.4, 0.5) is 0 Å². The van der Waals surface area contributed by atoms with E-state index in [4.69, 9.17) is 14.2 Å². The van der Waals surface area contributed by atoms with Crippen molar-refractivity contribution in [1.82, 2.24) is 0 Å². The predicted octanol–water partition coefficient (Wildman–Crippen LogP) is 19.0. The van der Waals surface area contributed by atoms with E-state index in [0.717, 1.165) is 103 Å². The molecule has 0 saturated carbocycles. The van der Waals surface area contributed by atoms with Crippen LogP contribution >= 0.6 is 0 Å². The average molecular weight is 936 g/mol. The van der Waals surface area contributed by atoms with Gasteiger partial charge in [-0.3, -0.25) is 14.4 Å². The largest absolute Gasteiger partial charge is 0.462 e. The van der Waals surface area contributed by atoms with Crippen LogP contribution in [0.1, 0.15) is 278 Å². The van der Waals surface area contributed by atoms with Crippen LogP contribution in [0.2, 0.25) is 0 Å². The van der Waals surface area contributed by atoms with Crippen molar-refractivity contribution in [2.75, 3.05) is 13.2 Å². The maximum Gasteiger partial charge on any atom is 0.306 e. The van der Waals surface area contributed by atoms with Gasteiger partial charge in [-0.15, -0.1) is 0 Å². The maximum absolute atomic E-state index is 12.8. The standard InChI is InChI=1S/C61H106O6/c1-4-7-10-13-15-17-19-21-23-25-26-27-28-29-30-31-32-33-34-36-37-39-41-43-45-48-51-54-60(63)66-57-58(56-65-59(62)53-50-47-12-9-6-3)67-61(64)55-52-49-46-44-42-40-38-35-24-22-20-18-16-14-11-8-5-2/h8,11,16,18-19,21-22,24-26,28-29,58H,4-7,9-10,12-15,17,20,23,27,30-57H2,1-3H3/b11-8-,18-16-,21-19-,24-22-,26-25-,29-28-. The summed E-state index contributed by atoms with van der Waals surface area (Å²) in [7, 11) is 0. The topological polar surface area (TPSA) is 78.9 Å². The molecule has 1 unspecified atom stereocenters. The second-order valence-electron chi connectivity index (χ2n) is 18.8. The number of hydrogen-bond donors (Lipinski definition) is 0. The Morgan fingerprint density at radius 2 is 0.582 bits per heavy atom. The third-order valence-corrected chi connectivity index (χ3v) is 12.2. The normalized spacial score (nSPS) is 12.6. The molecule has 0 aromatic carbocycles. The molecule has 0 radical (unpaired) electrons. The first-order chi connectivity index (χ1) is 33.0. The van der Waals surface area contributed by atoms with Gasteiger partial charge < -0.3 is 14.2 Å². The Morgan fingerprint density at radius 1 is 0.313 bits per heavy atom. The van der Waals surface area contributed by atoms with Gasteiger partial charge in [0.2, 0.25) is 0 Å². The lowest BCUT2D eigenvalue weighted by Gasteiger charge is -2.18. The molecule has 0 saturated heterocycles. The second-order valence-corrected chi connectivity index (χ2v) is 18.8. The SMILES string of the molecule is CC/C=C\C/C=C\C/C=C\CCCCCCCCCC(=O)OC(COC(=O)CCCCCCC)COC(=O)CCCCCCCCCCCCCC/C=C\C/C=C\C/C=C\CCCCCCC. The Kier molecular flexibility index (Phi) is 52.8. The maximum atomic E-state index is 12.8. The fourth-order valence-corrected chi connectivity index (χ4v) is 7.93. The van der Waals surface area contributed by atoms with Crippen LogP contribution in [0.25, 0.3) is 0 Å². The summed E-state index contributed by atoms with van der Waals surface area (Å²) < 4.78 is 16.7. The predicted molar refractivity (Wildman–Crippen MR) is 288 cm³/mol. The summed E-state index contributed by atoms with van der Waals surface area (Å²) in [6.07, 6.45) is 70.8. The minimum Gasteiger partial charge on any atom is -0.462 e. The van der Waals surface area contributed by atoms with Crippen molar-refractivity contribution in [3.05, 3.63) is 72.9 Å². The molecule has 0 heterocycles. The first-order valence-corrected chi connectivity index (χ1v) is 28.4. The summed E-state index contributed by atoms with van der Waals surface area (Å²) in [5.41, 5.74) is 0. The van der Waals surface area contributed by atoms with Crippen molar-refractivity contribution < 1.29 is 28.6 Å².